The summed E-state index contributed by atoms with van der Waals surface area (Å²) in [5.41, 5.74) is 0. The molecule has 0 aromatic heterocycles. The molecule has 0 rings (SSSR count). The molecule has 0 bridgehead atoms. The molecule has 0 aliphatic heterocycles. The molecule has 0 aromatic carbocycles. The van der Waals surface area contributed by atoms with Crippen LogP contribution in [0.5, 0.6) is 0 Å². The van der Waals surface area contributed by atoms with E-state index in [1.54, 1.807) is 4.90 Å². The minimum atomic E-state index is -4.18. The molecule has 0 saturated heterocycles. The fraction of sp³-hybridized carbons (Fsp3) is 1.00. The van der Waals surface area contributed by atoms with Crippen LogP contribution in [0.25, 0.3) is 0 Å². The molecule has 0 fully saturated rings. The predicted octanol–water partition coefficient (Wildman–Crippen LogP) is 2.77. The molecule has 0 amide bonds. The molecule has 15 heavy (non-hydrogen) atoms. The highest BCUT2D eigenvalue weighted by molar-refractivity contribution is 4.63. The van der Waals surface area contributed by atoms with Crippen molar-refractivity contribution < 1.29 is 18.3 Å². The van der Waals surface area contributed by atoms with E-state index in [0.717, 1.165) is 12.8 Å². The van der Waals surface area contributed by atoms with Crippen LogP contribution < -0.4 is 0 Å². The fourth-order valence-electron chi connectivity index (χ4n) is 1.35. The molecule has 1 unspecified atom stereocenters. The number of rotatable bonds is 7. The van der Waals surface area contributed by atoms with Crippen LogP contribution in [0.1, 0.15) is 39.5 Å². The third-order valence-corrected chi connectivity index (χ3v) is 2.31. The van der Waals surface area contributed by atoms with E-state index in [1.807, 2.05) is 13.8 Å². The van der Waals surface area contributed by atoms with Crippen LogP contribution in [-0.4, -0.2) is 35.5 Å². The van der Waals surface area contributed by atoms with E-state index in [-0.39, 0.29) is 6.42 Å². The minimum absolute atomic E-state index is 0.235. The topological polar surface area (TPSA) is 23.5 Å². The van der Waals surface area contributed by atoms with Crippen LogP contribution in [0.15, 0.2) is 0 Å². The van der Waals surface area contributed by atoms with Crippen molar-refractivity contribution in [3.63, 3.8) is 0 Å². The van der Waals surface area contributed by atoms with E-state index in [1.165, 1.54) is 0 Å². The standard InChI is InChI=1S/C10H20F3NO/c1-3-5-8-14(4-2)9(15)6-7-10(11,12)13/h9,15H,3-8H2,1-2H3. The largest absolute Gasteiger partial charge is 0.389 e. The minimum Gasteiger partial charge on any atom is -0.378 e. The third-order valence-electron chi connectivity index (χ3n) is 2.31. The van der Waals surface area contributed by atoms with E-state index in [2.05, 4.69) is 0 Å². The Morgan fingerprint density at radius 1 is 1.27 bits per heavy atom. The van der Waals surface area contributed by atoms with Crippen molar-refractivity contribution in [1.82, 2.24) is 4.90 Å². The van der Waals surface area contributed by atoms with Gasteiger partial charge in [-0.05, 0) is 19.4 Å². The first kappa shape index (κ1) is 14.7. The smallest absolute Gasteiger partial charge is 0.378 e. The highest BCUT2D eigenvalue weighted by Crippen LogP contribution is 2.23. The first-order valence-corrected chi connectivity index (χ1v) is 5.39. The Labute approximate surface area is 89.1 Å². The number of hydrogen-bond acceptors (Lipinski definition) is 2. The molecule has 0 aliphatic carbocycles. The molecule has 0 aliphatic rings. The SMILES string of the molecule is CCCCN(CC)C(O)CCC(F)(F)F. The second kappa shape index (κ2) is 7.06. The summed E-state index contributed by atoms with van der Waals surface area (Å²) in [5.74, 6) is 0. The van der Waals surface area contributed by atoms with Gasteiger partial charge in [0.2, 0.25) is 0 Å². The average molecular weight is 227 g/mol. The Morgan fingerprint density at radius 3 is 2.27 bits per heavy atom. The Balaban J connectivity index is 3.87. The molecule has 92 valence electrons. The van der Waals surface area contributed by atoms with Gasteiger partial charge < -0.3 is 5.11 Å². The van der Waals surface area contributed by atoms with Gasteiger partial charge in [-0.25, -0.2) is 0 Å². The van der Waals surface area contributed by atoms with Gasteiger partial charge >= 0.3 is 6.18 Å². The summed E-state index contributed by atoms with van der Waals surface area (Å²) >= 11 is 0. The van der Waals surface area contributed by atoms with Gasteiger partial charge in [-0.15, -0.1) is 0 Å². The van der Waals surface area contributed by atoms with Gasteiger partial charge in [0.05, 0.1) is 0 Å². The third kappa shape index (κ3) is 7.62. The van der Waals surface area contributed by atoms with E-state index in [9.17, 15) is 18.3 Å². The molecule has 1 atom stereocenters. The maximum Gasteiger partial charge on any atom is 0.389 e. The van der Waals surface area contributed by atoms with Gasteiger partial charge in [-0.3, -0.25) is 4.90 Å². The van der Waals surface area contributed by atoms with Gasteiger partial charge in [0.1, 0.15) is 6.23 Å². The number of halogens is 3. The second-order valence-electron chi connectivity index (χ2n) is 3.62. The molecule has 5 heteroatoms. The Bertz CT molecular complexity index is 161. The lowest BCUT2D eigenvalue weighted by atomic mass is 10.2. The van der Waals surface area contributed by atoms with Crippen molar-refractivity contribution in [2.75, 3.05) is 13.1 Å². The van der Waals surface area contributed by atoms with Crippen molar-refractivity contribution in [3.05, 3.63) is 0 Å². The molecule has 0 spiro atoms. The van der Waals surface area contributed by atoms with Crippen molar-refractivity contribution >= 4 is 0 Å². The number of aliphatic hydroxyl groups is 1. The van der Waals surface area contributed by atoms with E-state index < -0.39 is 18.8 Å². The van der Waals surface area contributed by atoms with Crippen LogP contribution in [0.3, 0.4) is 0 Å². The lowest BCUT2D eigenvalue weighted by Gasteiger charge is -2.26. The summed E-state index contributed by atoms with van der Waals surface area (Å²) in [7, 11) is 0. The molecular formula is C10H20F3NO. The highest BCUT2D eigenvalue weighted by Gasteiger charge is 2.28. The van der Waals surface area contributed by atoms with Crippen molar-refractivity contribution in [2.24, 2.45) is 0 Å². The zero-order chi connectivity index (χ0) is 11.9. The number of unbranched alkanes of at least 4 members (excludes halogenated alkanes) is 1. The van der Waals surface area contributed by atoms with Gasteiger partial charge in [-0.1, -0.05) is 20.3 Å². The highest BCUT2D eigenvalue weighted by atomic mass is 19.4. The van der Waals surface area contributed by atoms with Crippen LogP contribution >= 0.6 is 0 Å². The van der Waals surface area contributed by atoms with Crippen LogP contribution in [0, 0.1) is 0 Å². The van der Waals surface area contributed by atoms with Gasteiger partial charge in [0.15, 0.2) is 0 Å². The molecular weight excluding hydrogens is 207 g/mol. The summed E-state index contributed by atoms with van der Waals surface area (Å²) in [4.78, 5) is 1.68. The Hall–Kier alpha value is -0.290. The summed E-state index contributed by atoms with van der Waals surface area (Å²) in [6, 6.07) is 0. The molecule has 1 N–H and O–H groups in total. The van der Waals surface area contributed by atoms with E-state index in [0.29, 0.717) is 13.1 Å². The van der Waals surface area contributed by atoms with Gasteiger partial charge in [0.25, 0.3) is 0 Å². The maximum atomic E-state index is 11.9. The zero-order valence-corrected chi connectivity index (χ0v) is 9.35. The maximum absolute atomic E-state index is 11.9. The lowest BCUT2D eigenvalue weighted by molar-refractivity contribution is -0.146. The summed E-state index contributed by atoms with van der Waals surface area (Å²) in [6.07, 6.45) is -4.43. The van der Waals surface area contributed by atoms with E-state index >= 15 is 0 Å². The van der Waals surface area contributed by atoms with Gasteiger partial charge in [0, 0.05) is 13.0 Å². The number of alkyl halides is 3. The second-order valence-corrected chi connectivity index (χ2v) is 3.62. The Morgan fingerprint density at radius 2 is 1.87 bits per heavy atom. The Kier molecular flexibility index (Phi) is 6.92. The molecule has 0 aromatic rings. The summed E-state index contributed by atoms with van der Waals surface area (Å²) in [6.45, 7) is 5.09. The van der Waals surface area contributed by atoms with Crippen molar-refractivity contribution in [3.8, 4) is 0 Å². The normalized spacial score (nSPS) is 14.6. The fourth-order valence-corrected chi connectivity index (χ4v) is 1.35. The number of hydrogen-bond donors (Lipinski definition) is 1. The first-order valence-electron chi connectivity index (χ1n) is 5.39. The van der Waals surface area contributed by atoms with Crippen LogP contribution in [0.2, 0.25) is 0 Å². The van der Waals surface area contributed by atoms with E-state index in [4.69, 9.17) is 0 Å². The first-order chi connectivity index (χ1) is 6.90. The predicted molar refractivity (Wildman–Crippen MR) is 53.5 cm³/mol. The monoisotopic (exact) mass is 227 g/mol. The molecule has 2 nitrogen and oxygen atoms in total. The van der Waals surface area contributed by atoms with Crippen LogP contribution in [0.4, 0.5) is 13.2 Å². The molecule has 0 saturated carbocycles. The lowest BCUT2D eigenvalue weighted by Crippen LogP contribution is -2.36. The number of aliphatic hydroxyl groups excluding tert-OH is 1. The molecule has 0 heterocycles. The summed E-state index contributed by atoms with van der Waals surface area (Å²) < 4.78 is 35.7. The van der Waals surface area contributed by atoms with Crippen LogP contribution in [-0.2, 0) is 0 Å². The molecule has 0 radical (unpaired) electrons. The average Bonchev–Trinajstić information content (AvgIpc) is 2.15. The van der Waals surface area contributed by atoms with Crippen molar-refractivity contribution in [2.45, 2.75) is 51.9 Å². The summed E-state index contributed by atoms with van der Waals surface area (Å²) in [5, 5.41) is 9.52. The van der Waals surface area contributed by atoms with Crippen molar-refractivity contribution in [1.29, 1.82) is 0 Å². The number of nitrogens with zero attached hydrogens (tertiary/aromatic N) is 1. The zero-order valence-electron chi connectivity index (χ0n) is 9.35. The van der Waals surface area contributed by atoms with Gasteiger partial charge in [-0.2, -0.15) is 13.2 Å². The quantitative estimate of drug-likeness (QED) is 0.676.